The van der Waals surface area contributed by atoms with Crippen molar-refractivity contribution in [3.05, 3.63) is 18.1 Å². The molecule has 2 aliphatic rings. The third kappa shape index (κ3) is 2.59. The molecule has 1 N–H and O–H groups in total. The van der Waals surface area contributed by atoms with E-state index in [0.29, 0.717) is 12.0 Å². The van der Waals surface area contributed by atoms with Crippen LogP contribution in [0.3, 0.4) is 0 Å². The van der Waals surface area contributed by atoms with Gasteiger partial charge >= 0.3 is 0 Å². The zero-order chi connectivity index (χ0) is 13.4. The van der Waals surface area contributed by atoms with Gasteiger partial charge in [-0.2, -0.15) is 0 Å². The topological polar surface area (TPSA) is 41.0 Å². The fraction of sp³-hybridized carbons (Fsp3) is 0.733. The Morgan fingerprint density at radius 3 is 2.53 bits per heavy atom. The van der Waals surface area contributed by atoms with Crippen LogP contribution in [0.1, 0.15) is 51.1 Å². The Balaban J connectivity index is 1.76. The van der Waals surface area contributed by atoms with Gasteiger partial charge in [-0.3, -0.25) is 0 Å². The summed E-state index contributed by atoms with van der Waals surface area (Å²) in [6, 6.07) is 4.21. The third-order valence-electron chi connectivity index (χ3n) is 4.62. The van der Waals surface area contributed by atoms with E-state index in [0.717, 1.165) is 23.6 Å². The fourth-order valence-corrected chi connectivity index (χ4v) is 3.40. The first kappa shape index (κ1) is 12.9. The van der Waals surface area contributed by atoms with Gasteiger partial charge < -0.3 is 10.2 Å². The SMILES string of the molecule is CC(C)c1cc(N(C)C2CC3CCC(C2)N3)ncn1. The van der Waals surface area contributed by atoms with Crippen LogP contribution in [0.2, 0.25) is 0 Å². The van der Waals surface area contributed by atoms with Crippen LogP contribution < -0.4 is 10.2 Å². The molecule has 3 heterocycles. The first-order valence-electron chi connectivity index (χ1n) is 7.44. The van der Waals surface area contributed by atoms with Crippen molar-refractivity contribution < 1.29 is 0 Å². The lowest BCUT2D eigenvalue weighted by Gasteiger charge is -2.36. The van der Waals surface area contributed by atoms with Gasteiger partial charge in [0, 0.05) is 36.9 Å². The summed E-state index contributed by atoms with van der Waals surface area (Å²) in [5.74, 6) is 1.53. The third-order valence-corrected chi connectivity index (χ3v) is 4.62. The maximum Gasteiger partial charge on any atom is 0.132 e. The molecular formula is C15H24N4. The fourth-order valence-electron chi connectivity index (χ4n) is 3.40. The van der Waals surface area contributed by atoms with Crippen LogP contribution in [-0.4, -0.2) is 35.1 Å². The highest BCUT2D eigenvalue weighted by atomic mass is 15.2. The molecule has 0 amide bonds. The first-order chi connectivity index (χ1) is 9.13. The summed E-state index contributed by atoms with van der Waals surface area (Å²) in [7, 11) is 2.18. The van der Waals surface area contributed by atoms with Gasteiger partial charge in [-0.05, 0) is 31.6 Å². The number of rotatable bonds is 3. The molecule has 0 saturated carbocycles. The maximum atomic E-state index is 4.46. The Hall–Kier alpha value is -1.16. The molecule has 4 nitrogen and oxygen atoms in total. The van der Waals surface area contributed by atoms with Crippen molar-refractivity contribution in [1.82, 2.24) is 15.3 Å². The van der Waals surface area contributed by atoms with Gasteiger partial charge in [0.1, 0.15) is 12.1 Å². The van der Waals surface area contributed by atoms with Gasteiger partial charge in [0.25, 0.3) is 0 Å². The number of hydrogen-bond acceptors (Lipinski definition) is 4. The Labute approximate surface area is 115 Å². The Morgan fingerprint density at radius 1 is 1.21 bits per heavy atom. The minimum atomic E-state index is 0.458. The molecule has 19 heavy (non-hydrogen) atoms. The summed E-state index contributed by atoms with van der Waals surface area (Å²) in [5, 5.41) is 3.70. The summed E-state index contributed by atoms with van der Waals surface area (Å²) < 4.78 is 0. The second-order valence-electron chi connectivity index (χ2n) is 6.33. The normalized spacial score (nSPS) is 29.8. The second-order valence-corrected chi connectivity index (χ2v) is 6.33. The van der Waals surface area contributed by atoms with Crippen LogP contribution >= 0.6 is 0 Å². The van der Waals surface area contributed by atoms with Crippen LogP contribution in [0.25, 0.3) is 0 Å². The summed E-state index contributed by atoms with van der Waals surface area (Å²) in [4.78, 5) is 11.2. The molecule has 2 atom stereocenters. The van der Waals surface area contributed by atoms with E-state index in [1.807, 2.05) is 0 Å². The number of hydrogen-bond donors (Lipinski definition) is 1. The number of fused-ring (bicyclic) bond motifs is 2. The molecule has 1 aromatic rings. The molecule has 1 aromatic heterocycles. The van der Waals surface area contributed by atoms with Gasteiger partial charge in [-0.1, -0.05) is 13.8 Å². The monoisotopic (exact) mass is 260 g/mol. The highest BCUT2D eigenvalue weighted by Crippen LogP contribution is 2.31. The zero-order valence-electron chi connectivity index (χ0n) is 12.1. The molecule has 3 rings (SSSR count). The number of nitrogens with one attached hydrogen (secondary N) is 1. The maximum absolute atomic E-state index is 4.46. The Kier molecular flexibility index (Phi) is 3.44. The lowest BCUT2D eigenvalue weighted by atomic mass is 9.98. The summed E-state index contributed by atoms with van der Waals surface area (Å²) in [6.07, 6.45) is 6.88. The molecule has 0 aliphatic carbocycles. The second kappa shape index (κ2) is 5.08. The van der Waals surface area contributed by atoms with E-state index in [4.69, 9.17) is 0 Å². The number of piperidine rings is 1. The van der Waals surface area contributed by atoms with Crippen molar-refractivity contribution in [1.29, 1.82) is 0 Å². The standard InChI is InChI=1S/C15H24N4/c1-10(2)14-8-15(17-9-16-14)19(3)13-6-11-4-5-12(7-13)18-11/h8-13,18H,4-7H2,1-3H3. The summed E-state index contributed by atoms with van der Waals surface area (Å²) in [6.45, 7) is 4.35. The predicted molar refractivity (Wildman–Crippen MR) is 77.5 cm³/mol. The highest BCUT2D eigenvalue weighted by molar-refractivity contribution is 5.40. The molecule has 2 fully saturated rings. The minimum absolute atomic E-state index is 0.458. The van der Waals surface area contributed by atoms with Crippen LogP contribution in [0.4, 0.5) is 5.82 Å². The van der Waals surface area contributed by atoms with Crippen LogP contribution in [-0.2, 0) is 0 Å². The molecular weight excluding hydrogens is 236 g/mol. The first-order valence-corrected chi connectivity index (χ1v) is 7.44. The molecule has 2 aliphatic heterocycles. The highest BCUT2D eigenvalue weighted by Gasteiger charge is 2.35. The molecule has 4 heteroatoms. The van der Waals surface area contributed by atoms with Crippen LogP contribution in [0.5, 0.6) is 0 Å². The van der Waals surface area contributed by atoms with E-state index < -0.39 is 0 Å². The summed E-state index contributed by atoms with van der Waals surface area (Å²) >= 11 is 0. The van der Waals surface area contributed by atoms with Gasteiger partial charge in [0.15, 0.2) is 0 Å². The van der Waals surface area contributed by atoms with Crippen molar-refractivity contribution in [3.8, 4) is 0 Å². The zero-order valence-corrected chi connectivity index (χ0v) is 12.1. The van der Waals surface area contributed by atoms with Crippen molar-refractivity contribution in [2.24, 2.45) is 0 Å². The van der Waals surface area contributed by atoms with E-state index >= 15 is 0 Å². The van der Waals surface area contributed by atoms with Crippen LogP contribution in [0, 0.1) is 0 Å². The van der Waals surface area contributed by atoms with Gasteiger partial charge in [-0.25, -0.2) is 9.97 Å². The smallest absolute Gasteiger partial charge is 0.132 e. The number of anilines is 1. The average Bonchev–Trinajstić information content (AvgIpc) is 2.76. The number of aromatic nitrogens is 2. The van der Waals surface area contributed by atoms with E-state index in [-0.39, 0.29) is 0 Å². The molecule has 2 saturated heterocycles. The number of nitrogens with zero attached hydrogens (tertiary/aromatic N) is 3. The minimum Gasteiger partial charge on any atom is -0.356 e. The lowest BCUT2D eigenvalue weighted by molar-refractivity contribution is 0.353. The Morgan fingerprint density at radius 2 is 1.89 bits per heavy atom. The van der Waals surface area contributed by atoms with Crippen molar-refractivity contribution >= 4 is 5.82 Å². The van der Waals surface area contributed by atoms with Gasteiger partial charge in [-0.15, -0.1) is 0 Å². The molecule has 0 aromatic carbocycles. The molecule has 104 valence electrons. The molecule has 2 unspecified atom stereocenters. The van der Waals surface area contributed by atoms with E-state index in [1.54, 1.807) is 6.33 Å². The van der Waals surface area contributed by atoms with Gasteiger partial charge in [0.2, 0.25) is 0 Å². The van der Waals surface area contributed by atoms with Crippen molar-refractivity contribution in [3.63, 3.8) is 0 Å². The van der Waals surface area contributed by atoms with Crippen LogP contribution in [0.15, 0.2) is 12.4 Å². The van der Waals surface area contributed by atoms with Crippen molar-refractivity contribution in [2.75, 3.05) is 11.9 Å². The van der Waals surface area contributed by atoms with Crippen molar-refractivity contribution in [2.45, 2.75) is 63.6 Å². The summed E-state index contributed by atoms with van der Waals surface area (Å²) in [5.41, 5.74) is 1.13. The average molecular weight is 260 g/mol. The predicted octanol–water partition coefficient (Wildman–Crippen LogP) is 2.32. The largest absolute Gasteiger partial charge is 0.356 e. The molecule has 0 radical (unpaired) electrons. The van der Waals surface area contributed by atoms with E-state index in [1.165, 1.54) is 25.7 Å². The van der Waals surface area contributed by atoms with Gasteiger partial charge in [0.05, 0.1) is 0 Å². The quantitative estimate of drug-likeness (QED) is 0.905. The lowest BCUT2D eigenvalue weighted by Crippen LogP contribution is -2.47. The molecule has 0 spiro atoms. The molecule has 2 bridgehead atoms. The van der Waals surface area contributed by atoms with E-state index in [9.17, 15) is 0 Å². The Bertz CT molecular complexity index is 434. The van der Waals surface area contributed by atoms with E-state index in [2.05, 4.69) is 47.1 Å².